The third-order valence-corrected chi connectivity index (χ3v) is 3.56. The standard InChI is InChI=1S/C16H20Cl3N3O4/c1-10(2)13(20-9-23)22-14(24)12(11-6-4-3-5-7-11)21-15(25)26-8-16(17,18)19/h3-7,9-10,12-13H,8H2,1-2H3,(H,20,23)(H,21,25)(H,22,24). The molecule has 0 spiro atoms. The lowest BCUT2D eigenvalue weighted by Gasteiger charge is -2.25. The lowest BCUT2D eigenvalue weighted by molar-refractivity contribution is -0.124. The highest BCUT2D eigenvalue weighted by atomic mass is 35.6. The fourth-order valence-corrected chi connectivity index (χ4v) is 2.13. The third kappa shape index (κ3) is 8.12. The van der Waals surface area contributed by atoms with Crippen LogP contribution in [-0.4, -0.2) is 35.0 Å². The Bertz CT molecular complexity index is 609. The van der Waals surface area contributed by atoms with E-state index in [0.29, 0.717) is 12.0 Å². The molecular weight excluding hydrogens is 405 g/mol. The van der Waals surface area contributed by atoms with E-state index in [4.69, 9.17) is 39.5 Å². The molecule has 10 heteroatoms. The number of hydrogen-bond donors (Lipinski definition) is 3. The lowest BCUT2D eigenvalue weighted by Crippen LogP contribution is -2.52. The molecule has 1 aromatic carbocycles. The zero-order chi connectivity index (χ0) is 19.7. The van der Waals surface area contributed by atoms with Crippen LogP contribution >= 0.6 is 34.8 Å². The van der Waals surface area contributed by atoms with Crippen LogP contribution < -0.4 is 16.0 Å². The van der Waals surface area contributed by atoms with E-state index in [1.54, 1.807) is 30.3 Å². The molecule has 2 atom stereocenters. The Morgan fingerprint density at radius 2 is 1.77 bits per heavy atom. The zero-order valence-electron chi connectivity index (χ0n) is 14.2. The first-order valence-corrected chi connectivity index (χ1v) is 8.82. The summed E-state index contributed by atoms with van der Waals surface area (Å²) in [6, 6.07) is 7.47. The quantitative estimate of drug-likeness (QED) is 0.339. The number of halogens is 3. The third-order valence-electron chi connectivity index (χ3n) is 3.24. The molecule has 0 saturated heterocycles. The number of alkyl halides is 3. The van der Waals surface area contributed by atoms with E-state index in [1.165, 1.54) is 0 Å². The van der Waals surface area contributed by atoms with Crippen LogP contribution in [0.1, 0.15) is 25.5 Å². The van der Waals surface area contributed by atoms with E-state index in [2.05, 4.69) is 16.0 Å². The predicted octanol–water partition coefficient (Wildman–Crippen LogP) is 2.67. The second-order valence-corrected chi connectivity index (χ2v) is 8.21. The molecule has 0 saturated carbocycles. The minimum atomic E-state index is -1.77. The number of ether oxygens (including phenoxy) is 1. The molecule has 0 bridgehead atoms. The minimum absolute atomic E-state index is 0.0723. The van der Waals surface area contributed by atoms with Crippen molar-refractivity contribution in [2.75, 3.05) is 6.61 Å². The van der Waals surface area contributed by atoms with Gasteiger partial charge in [0.05, 0.1) is 0 Å². The van der Waals surface area contributed by atoms with Crippen LogP contribution in [0.3, 0.4) is 0 Å². The molecule has 0 aliphatic rings. The average molecular weight is 425 g/mol. The maximum atomic E-state index is 12.7. The predicted molar refractivity (Wildman–Crippen MR) is 99.9 cm³/mol. The molecule has 3 N–H and O–H groups in total. The van der Waals surface area contributed by atoms with Gasteiger partial charge < -0.3 is 20.7 Å². The van der Waals surface area contributed by atoms with Gasteiger partial charge in [0.2, 0.25) is 16.1 Å². The van der Waals surface area contributed by atoms with Gasteiger partial charge in [0.25, 0.3) is 0 Å². The van der Waals surface area contributed by atoms with Crippen molar-refractivity contribution in [1.82, 2.24) is 16.0 Å². The Morgan fingerprint density at radius 1 is 1.15 bits per heavy atom. The van der Waals surface area contributed by atoms with E-state index in [-0.39, 0.29) is 5.92 Å². The molecule has 0 aliphatic carbocycles. The van der Waals surface area contributed by atoms with Gasteiger partial charge in [-0.15, -0.1) is 0 Å². The van der Waals surface area contributed by atoms with Crippen molar-refractivity contribution in [3.05, 3.63) is 35.9 Å². The van der Waals surface area contributed by atoms with Gasteiger partial charge >= 0.3 is 6.09 Å². The van der Waals surface area contributed by atoms with Gasteiger partial charge in [0.15, 0.2) is 0 Å². The summed E-state index contributed by atoms with van der Waals surface area (Å²) in [5.74, 6) is -0.605. The number of alkyl carbamates (subject to hydrolysis) is 1. The molecule has 3 amide bonds. The summed E-state index contributed by atoms with van der Waals surface area (Å²) < 4.78 is 3.05. The van der Waals surface area contributed by atoms with Crippen molar-refractivity contribution < 1.29 is 19.1 Å². The summed E-state index contributed by atoms with van der Waals surface area (Å²) in [4.78, 5) is 35.3. The number of benzene rings is 1. The summed E-state index contributed by atoms with van der Waals surface area (Å²) in [7, 11) is 0. The van der Waals surface area contributed by atoms with E-state index in [9.17, 15) is 14.4 Å². The van der Waals surface area contributed by atoms with Crippen LogP contribution in [0.15, 0.2) is 30.3 Å². The lowest BCUT2D eigenvalue weighted by atomic mass is 10.1. The number of hydrogen-bond acceptors (Lipinski definition) is 4. The van der Waals surface area contributed by atoms with E-state index >= 15 is 0 Å². The van der Waals surface area contributed by atoms with Crippen molar-refractivity contribution in [2.45, 2.75) is 29.8 Å². The summed E-state index contributed by atoms with van der Waals surface area (Å²) >= 11 is 16.6. The van der Waals surface area contributed by atoms with Crippen LogP contribution in [0.5, 0.6) is 0 Å². The van der Waals surface area contributed by atoms with E-state index in [1.807, 2.05) is 13.8 Å². The summed E-state index contributed by atoms with van der Waals surface area (Å²) in [6.07, 6.45) is -1.04. The Balaban J connectivity index is 2.90. The normalized spacial score (nSPS) is 13.5. The molecule has 1 rings (SSSR count). The van der Waals surface area contributed by atoms with Crippen molar-refractivity contribution in [3.8, 4) is 0 Å². The molecule has 1 aromatic rings. The highest BCUT2D eigenvalue weighted by Crippen LogP contribution is 2.26. The Kier molecular flexibility index (Phi) is 8.98. The Labute approximate surface area is 166 Å². The first-order valence-electron chi connectivity index (χ1n) is 7.69. The Hall–Kier alpha value is -1.70. The molecule has 2 unspecified atom stereocenters. The van der Waals surface area contributed by atoms with Crippen LogP contribution in [0.2, 0.25) is 0 Å². The number of carbonyl (C=O) groups excluding carboxylic acids is 3. The molecule has 0 fully saturated rings. The van der Waals surface area contributed by atoms with E-state index in [0.717, 1.165) is 0 Å². The Morgan fingerprint density at radius 3 is 2.27 bits per heavy atom. The minimum Gasteiger partial charge on any atom is -0.445 e. The largest absolute Gasteiger partial charge is 0.445 e. The van der Waals surface area contributed by atoms with Gasteiger partial charge in [-0.3, -0.25) is 9.59 Å². The fraction of sp³-hybridized carbons (Fsp3) is 0.438. The molecule has 26 heavy (non-hydrogen) atoms. The fourth-order valence-electron chi connectivity index (χ4n) is 1.96. The van der Waals surface area contributed by atoms with Crippen LogP contribution in [0.25, 0.3) is 0 Å². The number of carbonyl (C=O) groups is 3. The van der Waals surface area contributed by atoms with Gasteiger partial charge in [-0.25, -0.2) is 4.79 Å². The second-order valence-electron chi connectivity index (χ2n) is 5.69. The first-order chi connectivity index (χ1) is 12.1. The van der Waals surface area contributed by atoms with Crippen molar-refractivity contribution in [1.29, 1.82) is 0 Å². The summed E-state index contributed by atoms with van der Waals surface area (Å²) in [5.41, 5.74) is 0.518. The number of nitrogens with one attached hydrogen (secondary N) is 3. The topological polar surface area (TPSA) is 96.5 Å². The van der Waals surface area contributed by atoms with Gasteiger partial charge in [0.1, 0.15) is 18.8 Å². The second kappa shape index (κ2) is 10.4. The summed E-state index contributed by atoms with van der Waals surface area (Å²) in [5, 5.41) is 7.60. The van der Waals surface area contributed by atoms with Crippen molar-refractivity contribution >= 4 is 53.2 Å². The molecule has 0 aromatic heterocycles. The molecule has 0 heterocycles. The monoisotopic (exact) mass is 423 g/mol. The molecule has 144 valence electrons. The molecular formula is C16H20Cl3N3O4. The molecule has 0 radical (unpaired) electrons. The van der Waals surface area contributed by atoms with Crippen molar-refractivity contribution in [2.24, 2.45) is 5.92 Å². The van der Waals surface area contributed by atoms with Crippen LogP contribution in [-0.2, 0) is 14.3 Å². The number of rotatable bonds is 8. The summed E-state index contributed by atoms with van der Waals surface area (Å²) in [6.45, 7) is 3.16. The van der Waals surface area contributed by atoms with Gasteiger partial charge in [-0.05, 0) is 11.5 Å². The average Bonchev–Trinajstić information content (AvgIpc) is 2.57. The number of amides is 3. The first kappa shape index (κ1) is 22.3. The highest BCUT2D eigenvalue weighted by Gasteiger charge is 2.28. The van der Waals surface area contributed by atoms with Crippen LogP contribution in [0, 0.1) is 5.92 Å². The molecule has 0 aliphatic heterocycles. The van der Waals surface area contributed by atoms with Crippen molar-refractivity contribution in [3.63, 3.8) is 0 Å². The highest BCUT2D eigenvalue weighted by molar-refractivity contribution is 6.67. The SMILES string of the molecule is CC(C)C(NC=O)NC(=O)C(NC(=O)OCC(Cl)(Cl)Cl)c1ccccc1. The maximum Gasteiger partial charge on any atom is 0.408 e. The van der Waals surface area contributed by atoms with Gasteiger partial charge in [0, 0.05) is 0 Å². The van der Waals surface area contributed by atoms with Gasteiger partial charge in [-0.2, -0.15) is 0 Å². The molecule has 7 nitrogen and oxygen atoms in total. The maximum absolute atomic E-state index is 12.7. The smallest absolute Gasteiger partial charge is 0.408 e. The van der Waals surface area contributed by atoms with Gasteiger partial charge in [-0.1, -0.05) is 79.0 Å². The van der Waals surface area contributed by atoms with E-state index < -0.39 is 34.6 Å². The van der Waals surface area contributed by atoms with Crippen LogP contribution in [0.4, 0.5) is 4.79 Å². The zero-order valence-corrected chi connectivity index (χ0v) is 16.4.